The molecular weight excluding hydrogens is 138 g/mol. The molecule has 3 heteroatoms. The molecule has 0 aromatic heterocycles. The molecule has 0 heterocycles. The van der Waals surface area contributed by atoms with Crippen molar-refractivity contribution in [2.75, 3.05) is 13.1 Å². The number of rotatable bonds is 7. The van der Waals surface area contributed by atoms with Gasteiger partial charge < -0.3 is 16.8 Å². The molecule has 0 aliphatic rings. The summed E-state index contributed by atoms with van der Waals surface area (Å²) in [6.07, 6.45) is 4.60. The van der Waals surface area contributed by atoms with Gasteiger partial charge in [-0.2, -0.15) is 0 Å². The molecule has 0 radical (unpaired) electrons. The average molecular weight is 159 g/mol. The maximum Gasteiger partial charge on any atom is 0.0546 e. The maximum atomic E-state index is 5.72. The Balaban J connectivity index is 2.97. The van der Waals surface area contributed by atoms with Crippen LogP contribution in [0.3, 0.4) is 0 Å². The minimum Gasteiger partial charge on any atom is -0.330 e. The minimum atomic E-state index is 0.178. The summed E-state index contributed by atoms with van der Waals surface area (Å²) >= 11 is 0. The van der Waals surface area contributed by atoms with Crippen molar-refractivity contribution >= 4 is 0 Å². The van der Waals surface area contributed by atoms with E-state index in [0.717, 1.165) is 38.8 Å². The third kappa shape index (κ3) is 7.78. The van der Waals surface area contributed by atoms with Gasteiger partial charge in [0.2, 0.25) is 0 Å². The van der Waals surface area contributed by atoms with Gasteiger partial charge in [-0.15, -0.1) is 0 Å². The largest absolute Gasteiger partial charge is 0.330 e. The Morgan fingerprint density at radius 3 is 2.64 bits per heavy atom. The first-order chi connectivity index (χ1) is 5.31. The Morgan fingerprint density at radius 1 is 1.36 bits per heavy atom. The summed E-state index contributed by atoms with van der Waals surface area (Å²) < 4.78 is 0. The van der Waals surface area contributed by atoms with Gasteiger partial charge in [0.05, 0.1) is 6.17 Å². The Hall–Kier alpha value is -0.120. The fourth-order valence-corrected chi connectivity index (χ4v) is 0.970. The van der Waals surface area contributed by atoms with Crippen LogP contribution in [0, 0.1) is 0 Å². The van der Waals surface area contributed by atoms with E-state index < -0.39 is 0 Å². The third-order valence-electron chi connectivity index (χ3n) is 1.64. The van der Waals surface area contributed by atoms with Gasteiger partial charge in [0.1, 0.15) is 0 Å². The first kappa shape index (κ1) is 10.9. The number of nitrogens with two attached hydrogens (primary N) is 2. The van der Waals surface area contributed by atoms with E-state index in [9.17, 15) is 0 Å². The predicted molar refractivity (Wildman–Crippen MR) is 49.2 cm³/mol. The third-order valence-corrected chi connectivity index (χ3v) is 1.64. The van der Waals surface area contributed by atoms with E-state index in [2.05, 4.69) is 12.2 Å². The average Bonchev–Trinajstić information content (AvgIpc) is 1.99. The lowest BCUT2D eigenvalue weighted by Crippen LogP contribution is -2.37. The molecular formula is C8H21N3. The summed E-state index contributed by atoms with van der Waals surface area (Å²) in [6.45, 7) is 3.92. The van der Waals surface area contributed by atoms with E-state index in [1.807, 2.05) is 0 Å². The highest BCUT2D eigenvalue weighted by Gasteiger charge is 1.97. The molecule has 0 saturated heterocycles. The minimum absolute atomic E-state index is 0.178. The van der Waals surface area contributed by atoms with Crippen molar-refractivity contribution in [2.24, 2.45) is 11.5 Å². The SMILES string of the molecule is CCCC(N)NCCCCN. The molecule has 0 amide bonds. The molecule has 0 bridgehead atoms. The lowest BCUT2D eigenvalue weighted by atomic mass is 10.2. The first-order valence-electron chi connectivity index (χ1n) is 4.50. The van der Waals surface area contributed by atoms with Crippen LogP contribution in [-0.4, -0.2) is 19.3 Å². The van der Waals surface area contributed by atoms with Crippen LogP contribution in [0.2, 0.25) is 0 Å². The van der Waals surface area contributed by atoms with Crippen LogP contribution >= 0.6 is 0 Å². The van der Waals surface area contributed by atoms with E-state index >= 15 is 0 Å². The monoisotopic (exact) mass is 159 g/mol. The molecule has 0 aliphatic carbocycles. The molecule has 0 saturated carbocycles. The van der Waals surface area contributed by atoms with Crippen molar-refractivity contribution in [3.8, 4) is 0 Å². The zero-order valence-electron chi connectivity index (χ0n) is 7.47. The zero-order valence-corrected chi connectivity index (χ0v) is 7.47. The van der Waals surface area contributed by atoms with Gasteiger partial charge in [-0.3, -0.25) is 0 Å². The van der Waals surface area contributed by atoms with E-state index in [-0.39, 0.29) is 6.17 Å². The van der Waals surface area contributed by atoms with Crippen LogP contribution in [0.5, 0.6) is 0 Å². The second-order valence-electron chi connectivity index (χ2n) is 2.85. The van der Waals surface area contributed by atoms with E-state index in [0.29, 0.717) is 0 Å². The highest BCUT2D eigenvalue weighted by atomic mass is 15.0. The molecule has 0 aromatic carbocycles. The van der Waals surface area contributed by atoms with E-state index in [1.165, 1.54) is 0 Å². The fourth-order valence-electron chi connectivity index (χ4n) is 0.970. The molecule has 1 unspecified atom stereocenters. The van der Waals surface area contributed by atoms with Gasteiger partial charge >= 0.3 is 0 Å². The number of hydrogen-bond donors (Lipinski definition) is 3. The predicted octanol–water partition coefficient (Wildman–Crippen LogP) is 0.400. The van der Waals surface area contributed by atoms with Crippen LogP contribution in [-0.2, 0) is 0 Å². The van der Waals surface area contributed by atoms with Crippen molar-refractivity contribution in [1.82, 2.24) is 5.32 Å². The standard InChI is InChI=1S/C8H21N3/c1-2-5-8(10)11-7-4-3-6-9/h8,11H,2-7,9-10H2,1H3. The van der Waals surface area contributed by atoms with Crippen LogP contribution in [0.25, 0.3) is 0 Å². The summed E-state index contributed by atoms with van der Waals surface area (Å²) in [5.41, 5.74) is 11.1. The van der Waals surface area contributed by atoms with Crippen molar-refractivity contribution in [3.63, 3.8) is 0 Å². The van der Waals surface area contributed by atoms with Gasteiger partial charge in [0, 0.05) is 0 Å². The van der Waals surface area contributed by atoms with Crippen LogP contribution < -0.4 is 16.8 Å². The van der Waals surface area contributed by atoms with Crippen molar-refractivity contribution in [3.05, 3.63) is 0 Å². The lowest BCUT2D eigenvalue weighted by Gasteiger charge is -2.11. The van der Waals surface area contributed by atoms with Gasteiger partial charge in [0.15, 0.2) is 0 Å². The Labute approximate surface area is 69.5 Å². The molecule has 11 heavy (non-hydrogen) atoms. The first-order valence-corrected chi connectivity index (χ1v) is 4.50. The summed E-state index contributed by atoms with van der Waals surface area (Å²) in [5.74, 6) is 0. The van der Waals surface area contributed by atoms with E-state index in [4.69, 9.17) is 11.5 Å². The summed E-state index contributed by atoms with van der Waals surface area (Å²) in [6, 6.07) is 0. The van der Waals surface area contributed by atoms with E-state index in [1.54, 1.807) is 0 Å². The molecule has 5 N–H and O–H groups in total. The van der Waals surface area contributed by atoms with Gasteiger partial charge in [-0.25, -0.2) is 0 Å². The Bertz CT molecular complexity index is 75.7. The smallest absolute Gasteiger partial charge is 0.0546 e. The normalized spacial score (nSPS) is 13.4. The number of nitrogens with one attached hydrogen (secondary N) is 1. The highest BCUT2D eigenvalue weighted by Crippen LogP contribution is 1.90. The zero-order chi connectivity index (χ0) is 8.53. The topological polar surface area (TPSA) is 64.1 Å². The molecule has 0 rings (SSSR count). The molecule has 3 nitrogen and oxygen atoms in total. The molecule has 0 aromatic rings. The maximum absolute atomic E-state index is 5.72. The van der Waals surface area contributed by atoms with Crippen molar-refractivity contribution in [2.45, 2.75) is 38.8 Å². The van der Waals surface area contributed by atoms with Crippen molar-refractivity contribution < 1.29 is 0 Å². The Kier molecular flexibility index (Phi) is 7.89. The summed E-state index contributed by atoms with van der Waals surface area (Å²) in [4.78, 5) is 0. The van der Waals surface area contributed by atoms with Crippen LogP contribution in [0.1, 0.15) is 32.6 Å². The van der Waals surface area contributed by atoms with Gasteiger partial charge in [-0.05, 0) is 32.4 Å². The quantitative estimate of drug-likeness (QED) is 0.372. The molecule has 0 spiro atoms. The van der Waals surface area contributed by atoms with Crippen LogP contribution in [0.15, 0.2) is 0 Å². The van der Waals surface area contributed by atoms with Crippen LogP contribution in [0.4, 0.5) is 0 Å². The molecule has 0 fully saturated rings. The molecule has 0 aliphatic heterocycles. The molecule has 1 atom stereocenters. The number of hydrogen-bond acceptors (Lipinski definition) is 3. The Morgan fingerprint density at radius 2 is 2.09 bits per heavy atom. The summed E-state index contributed by atoms with van der Waals surface area (Å²) in [5, 5.41) is 3.24. The second kappa shape index (κ2) is 7.98. The van der Waals surface area contributed by atoms with Gasteiger partial charge in [-0.1, -0.05) is 13.3 Å². The lowest BCUT2D eigenvalue weighted by molar-refractivity contribution is 0.479. The number of unbranched alkanes of at least 4 members (excludes halogenated alkanes) is 1. The van der Waals surface area contributed by atoms with Crippen molar-refractivity contribution in [1.29, 1.82) is 0 Å². The molecule has 68 valence electrons. The fraction of sp³-hybridized carbons (Fsp3) is 1.00. The second-order valence-corrected chi connectivity index (χ2v) is 2.85. The van der Waals surface area contributed by atoms with Gasteiger partial charge in [0.25, 0.3) is 0 Å². The summed E-state index contributed by atoms with van der Waals surface area (Å²) in [7, 11) is 0. The highest BCUT2D eigenvalue weighted by molar-refractivity contribution is 4.57.